The molecule has 2 fully saturated rings. The number of ether oxygens (including phenoxy) is 4. The summed E-state index contributed by atoms with van der Waals surface area (Å²) in [5.41, 5.74) is 2.83. The van der Waals surface area contributed by atoms with Gasteiger partial charge in [-0.3, -0.25) is 14.4 Å². The minimum Gasteiger partial charge on any atom is -0.506 e. The molecule has 2 saturated heterocycles. The number of aliphatic hydroxyl groups excluding tert-OH is 1. The van der Waals surface area contributed by atoms with Gasteiger partial charge in [-0.2, -0.15) is 0 Å². The Kier molecular flexibility index (Phi) is 16.1. The van der Waals surface area contributed by atoms with Gasteiger partial charge in [-0.25, -0.2) is 14.6 Å². The van der Waals surface area contributed by atoms with E-state index in [0.717, 1.165) is 75.8 Å². The third kappa shape index (κ3) is 11.4. The first-order chi connectivity index (χ1) is 28.0. The van der Waals surface area contributed by atoms with Crippen molar-refractivity contribution in [2.45, 2.75) is 117 Å². The molecule has 2 heterocycles. The Balaban J connectivity index is 1.43. The number of aliphatic hydroxyl groups is 1. The van der Waals surface area contributed by atoms with Crippen LogP contribution in [0.5, 0.6) is 0 Å². The number of likely N-dealkylation sites (tertiary alicyclic amines) is 1. The molecule has 5 rings (SSSR count). The molecular formula is C44H58N4O10. The predicted molar refractivity (Wildman–Crippen MR) is 221 cm³/mol. The lowest BCUT2D eigenvalue weighted by Crippen LogP contribution is -2.37. The SMILES string of the molecule is CCCCOC(=O)OCCC(=O)N=C1C=C(N2CCCCC2C)C=C/C1=C1\C(=O)C(c2ccc(N3CCCCC3C)cc2NC(=O)CCOC(=O)OCCCC)=C1O. The molecule has 0 saturated carbocycles. The topological polar surface area (TPSA) is 173 Å². The number of hydrogen-bond acceptors (Lipinski definition) is 12. The summed E-state index contributed by atoms with van der Waals surface area (Å²) in [5.74, 6) is -1.80. The molecule has 14 heteroatoms. The standard InChI is InChI=1S/C44H58N4O10/c1-5-7-23-55-43(53)57-25-19-37(49)45-35-27-31(47-21-11-9-13-29(47)3)15-17-33(35)39-41(51)40(42(39)52)34-18-16-32(48-22-12-10-14-30(48)4)28-36(34)46-38(50)20-26-58-44(54)56-24-8-6-2/h15-18,27-30,51H,5-14,19-26H2,1-4H3,(H,45,49)/b40-34+,46-36?. The second kappa shape index (κ2) is 21.4. The number of aliphatic imine (C=N–C) groups is 1. The third-order valence-corrected chi connectivity index (χ3v) is 10.8. The van der Waals surface area contributed by atoms with E-state index >= 15 is 0 Å². The van der Waals surface area contributed by atoms with Crippen molar-refractivity contribution in [3.05, 3.63) is 64.6 Å². The number of nitrogens with one attached hydrogen (secondary N) is 1. The number of carbonyl (C=O) groups excluding carboxylic acids is 5. The molecule has 2 amide bonds. The van der Waals surface area contributed by atoms with Gasteiger partial charge in [0.1, 0.15) is 19.0 Å². The van der Waals surface area contributed by atoms with Crippen LogP contribution < -0.4 is 10.2 Å². The Labute approximate surface area is 341 Å². The smallest absolute Gasteiger partial charge is 0.506 e. The summed E-state index contributed by atoms with van der Waals surface area (Å²) in [6, 6.07) is 5.92. The maximum Gasteiger partial charge on any atom is 0.508 e. The average molecular weight is 803 g/mol. The third-order valence-electron chi connectivity index (χ3n) is 10.8. The molecule has 2 atom stereocenters. The Bertz CT molecular complexity index is 1860. The van der Waals surface area contributed by atoms with Crippen LogP contribution in [0.4, 0.5) is 21.0 Å². The van der Waals surface area contributed by atoms with Crippen LogP contribution in [-0.4, -0.2) is 97.2 Å². The highest BCUT2D eigenvalue weighted by Crippen LogP contribution is 2.43. The molecule has 0 spiro atoms. The monoisotopic (exact) mass is 802 g/mol. The molecule has 2 aliphatic heterocycles. The van der Waals surface area contributed by atoms with Crippen molar-refractivity contribution >= 4 is 52.6 Å². The van der Waals surface area contributed by atoms with Crippen LogP contribution in [0.25, 0.3) is 5.57 Å². The minimum atomic E-state index is -0.855. The van der Waals surface area contributed by atoms with Crippen molar-refractivity contribution < 1.29 is 48.0 Å². The fourth-order valence-corrected chi connectivity index (χ4v) is 7.44. The number of rotatable bonds is 16. The quantitative estimate of drug-likeness (QED) is 0.0935. The number of amides is 2. The highest BCUT2D eigenvalue weighted by atomic mass is 16.7. The van der Waals surface area contributed by atoms with E-state index in [9.17, 15) is 29.1 Å². The van der Waals surface area contributed by atoms with Crippen LogP contribution in [-0.2, 0) is 33.3 Å². The Morgan fingerprint density at radius 3 is 2.00 bits per heavy atom. The summed E-state index contributed by atoms with van der Waals surface area (Å²) in [4.78, 5) is 73.3. The number of nitrogens with zero attached hydrogens (tertiary/aromatic N) is 3. The molecule has 314 valence electrons. The molecular weight excluding hydrogens is 745 g/mol. The fraction of sp³-hybridized carbons (Fsp3) is 0.545. The molecule has 1 aromatic rings. The number of piperidine rings is 2. The number of anilines is 2. The zero-order valence-corrected chi connectivity index (χ0v) is 34.3. The van der Waals surface area contributed by atoms with E-state index in [0.29, 0.717) is 24.1 Å². The maximum absolute atomic E-state index is 14.2. The normalized spacial score (nSPS) is 21.3. The first kappa shape index (κ1) is 43.7. The van der Waals surface area contributed by atoms with E-state index in [2.05, 4.69) is 34.0 Å². The van der Waals surface area contributed by atoms with Gasteiger partial charge in [0, 0.05) is 47.7 Å². The molecule has 0 aromatic heterocycles. The molecule has 1 aromatic carbocycles. The number of hydrogen-bond donors (Lipinski definition) is 2. The highest BCUT2D eigenvalue weighted by Gasteiger charge is 2.40. The zero-order chi connectivity index (χ0) is 41.6. The molecule has 2 N–H and O–H groups in total. The summed E-state index contributed by atoms with van der Waals surface area (Å²) >= 11 is 0. The summed E-state index contributed by atoms with van der Waals surface area (Å²) < 4.78 is 20.1. The lowest BCUT2D eigenvalue weighted by molar-refractivity contribution is -0.119. The van der Waals surface area contributed by atoms with E-state index < -0.39 is 29.9 Å². The van der Waals surface area contributed by atoms with Crippen LogP contribution in [0.3, 0.4) is 0 Å². The van der Waals surface area contributed by atoms with E-state index in [-0.39, 0.29) is 79.5 Å². The van der Waals surface area contributed by atoms with Crippen molar-refractivity contribution in [3.8, 4) is 0 Å². The van der Waals surface area contributed by atoms with Crippen molar-refractivity contribution in [3.63, 3.8) is 0 Å². The number of unbranched alkanes of at least 4 members (excludes halogenated alkanes) is 2. The summed E-state index contributed by atoms with van der Waals surface area (Å²) in [6.45, 7) is 9.91. The highest BCUT2D eigenvalue weighted by molar-refractivity contribution is 6.42. The van der Waals surface area contributed by atoms with Crippen molar-refractivity contribution in [1.82, 2.24) is 4.90 Å². The van der Waals surface area contributed by atoms with Gasteiger partial charge >= 0.3 is 12.3 Å². The van der Waals surface area contributed by atoms with Crippen LogP contribution in [0.1, 0.15) is 110 Å². The van der Waals surface area contributed by atoms with E-state index in [1.54, 1.807) is 24.3 Å². The molecule has 58 heavy (non-hydrogen) atoms. The molecule has 0 radical (unpaired) electrons. The lowest BCUT2D eigenvalue weighted by atomic mass is 9.78. The van der Waals surface area contributed by atoms with E-state index in [1.807, 2.05) is 26.0 Å². The van der Waals surface area contributed by atoms with Crippen molar-refractivity contribution in [2.75, 3.05) is 49.7 Å². The average Bonchev–Trinajstić information content (AvgIpc) is 3.20. The van der Waals surface area contributed by atoms with Gasteiger partial charge in [0.2, 0.25) is 17.6 Å². The second-order valence-corrected chi connectivity index (χ2v) is 15.1. The Morgan fingerprint density at radius 1 is 0.793 bits per heavy atom. The molecule has 2 aliphatic carbocycles. The molecule has 2 unspecified atom stereocenters. The Hall–Kier alpha value is -5.40. The number of Topliss-reactive ketones (excluding diaryl/α,β-unsaturated/α-hetero) is 1. The summed E-state index contributed by atoms with van der Waals surface area (Å²) in [5, 5.41) is 14.6. The van der Waals surface area contributed by atoms with E-state index in [4.69, 9.17) is 18.9 Å². The van der Waals surface area contributed by atoms with Gasteiger partial charge < -0.3 is 39.2 Å². The zero-order valence-electron chi connectivity index (χ0n) is 34.3. The summed E-state index contributed by atoms with van der Waals surface area (Å²) in [6.07, 6.45) is 12.7. The molecule has 0 bridgehead atoms. The van der Waals surface area contributed by atoms with Gasteiger partial charge in [0.05, 0.1) is 48.6 Å². The van der Waals surface area contributed by atoms with E-state index in [1.165, 1.54) is 0 Å². The minimum absolute atomic E-state index is 0.00321. The van der Waals surface area contributed by atoms with Gasteiger partial charge in [0.15, 0.2) is 0 Å². The number of ketones is 1. The maximum atomic E-state index is 14.2. The van der Waals surface area contributed by atoms with Crippen LogP contribution in [0.15, 0.2) is 64.0 Å². The lowest BCUT2D eigenvalue weighted by Gasteiger charge is -2.37. The van der Waals surface area contributed by atoms with Gasteiger partial charge in [-0.15, -0.1) is 0 Å². The van der Waals surface area contributed by atoms with Gasteiger partial charge in [0.25, 0.3) is 0 Å². The van der Waals surface area contributed by atoms with Crippen molar-refractivity contribution in [2.24, 2.45) is 4.99 Å². The first-order valence-corrected chi connectivity index (χ1v) is 20.8. The predicted octanol–water partition coefficient (Wildman–Crippen LogP) is 8.13. The van der Waals surface area contributed by atoms with Crippen LogP contribution >= 0.6 is 0 Å². The molecule has 14 nitrogen and oxygen atoms in total. The number of allylic oxidation sites excluding steroid dienone is 6. The first-order valence-electron chi connectivity index (χ1n) is 20.8. The van der Waals surface area contributed by atoms with Crippen molar-refractivity contribution in [1.29, 1.82) is 0 Å². The van der Waals surface area contributed by atoms with Crippen LogP contribution in [0, 0.1) is 0 Å². The molecule has 4 aliphatic rings. The second-order valence-electron chi connectivity index (χ2n) is 15.1. The Morgan fingerprint density at radius 2 is 1.40 bits per heavy atom. The largest absolute Gasteiger partial charge is 0.508 e. The number of benzene rings is 1. The van der Waals surface area contributed by atoms with Gasteiger partial charge in [-0.05, 0) is 102 Å². The summed E-state index contributed by atoms with van der Waals surface area (Å²) in [7, 11) is 0. The van der Waals surface area contributed by atoms with Gasteiger partial charge in [-0.1, -0.05) is 26.7 Å². The van der Waals surface area contributed by atoms with Crippen LogP contribution in [0.2, 0.25) is 0 Å². The number of carbonyl (C=O) groups is 5. The fourth-order valence-electron chi connectivity index (χ4n) is 7.44.